The number of amides is 1. The first kappa shape index (κ1) is 18.5. The topological polar surface area (TPSA) is 89.7 Å². The number of anilines is 1. The predicted molar refractivity (Wildman–Crippen MR) is 103 cm³/mol. The largest absolute Gasteiger partial charge is 0.448 e. The Morgan fingerprint density at radius 2 is 1.85 bits per heavy atom. The van der Waals surface area contributed by atoms with Crippen molar-refractivity contribution in [3.63, 3.8) is 0 Å². The van der Waals surface area contributed by atoms with E-state index >= 15 is 0 Å². The molecule has 3 rings (SSSR count). The van der Waals surface area contributed by atoms with Crippen LogP contribution >= 0.6 is 11.3 Å². The zero-order chi connectivity index (χ0) is 19.6. The number of nitrogens with zero attached hydrogens (tertiary/aromatic N) is 2. The van der Waals surface area contributed by atoms with Crippen LogP contribution < -0.4 is 4.90 Å². The summed E-state index contributed by atoms with van der Waals surface area (Å²) in [4.78, 5) is 36.9. The zero-order valence-corrected chi connectivity index (χ0v) is 15.4. The van der Waals surface area contributed by atoms with Crippen LogP contribution in [0.15, 0.2) is 54.6 Å². The Morgan fingerprint density at radius 3 is 2.52 bits per heavy atom. The smallest absolute Gasteiger partial charge is 0.349 e. The highest BCUT2D eigenvalue weighted by molar-refractivity contribution is 7.20. The molecule has 0 aliphatic heterocycles. The van der Waals surface area contributed by atoms with Gasteiger partial charge in [0.2, 0.25) is 0 Å². The summed E-state index contributed by atoms with van der Waals surface area (Å²) in [6.07, 6.45) is -0.970. The van der Waals surface area contributed by atoms with Crippen molar-refractivity contribution in [2.24, 2.45) is 0 Å². The second-order valence-corrected chi connectivity index (χ2v) is 6.95. The molecule has 0 spiro atoms. The molecule has 3 aromatic rings. The van der Waals surface area contributed by atoms with Crippen LogP contribution in [0.1, 0.15) is 16.6 Å². The molecule has 1 amide bonds. The van der Waals surface area contributed by atoms with Gasteiger partial charge in [-0.25, -0.2) is 4.79 Å². The quantitative estimate of drug-likeness (QED) is 0.376. The molecule has 8 heteroatoms. The number of esters is 1. The molecule has 27 heavy (non-hydrogen) atoms. The summed E-state index contributed by atoms with van der Waals surface area (Å²) in [5, 5.41) is 11.4. The first-order valence-electron chi connectivity index (χ1n) is 8.08. The number of carbonyl (C=O) groups is 2. The lowest BCUT2D eigenvalue weighted by atomic mass is 10.2. The number of hydrogen-bond donors (Lipinski definition) is 0. The van der Waals surface area contributed by atoms with Gasteiger partial charge in [-0.3, -0.25) is 14.9 Å². The highest BCUT2D eigenvalue weighted by Gasteiger charge is 2.24. The van der Waals surface area contributed by atoms with E-state index in [1.54, 1.807) is 25.2 Å². The van der Waals surface area contributed by atoms with Crippen LogP contribution in [-0.2, 0) is 9.53 Å². The number of non-ortho nitro benzene ring substituents is 1. The normalized spacial score (nSPS) is 11.8. The molecule has 2 aromatic carbocycles. The summed E-state index contributed by atoms with van der Waals surface area (Å²) in [6, 6.07) is 14.9. The van der Waals surface area contributed by atoms with Crippen LogP contribution in [0.2, 0.25) is 0 Å². The average molecular weight is 384 g/mol. The minimum absolute atomic E-state index is 0.0479. The Bertz CT molecular complexity index is 1020. The molecule has 0 fully saturated rings. The molecule has 7 nitrogen and oxygen atoms in total. The molecular formula is C19H16N2O5S. The van der Waals surface area contributed by atoms with E-state index < -0.39 is 17.0 Å². The lowest BCUT2D eigenvalue weighted by Gasteiger charge is -2.21. The average Bonchev–Trinajstić information content (AvgIpc) is 3.10. The van der Waals surface area contributed by atoms with Gasteiger partial charge in [0.25, 0.3) is 11.6 Å². The maximum absolute atomic E-state index is 12.5. The monoisotopic (exact) mass is 384 g/mol. The third-order valence-electron chi connectivity index (χ3n) is 4.02. The SMILES string of the molecule is CC(OC(=O)c1cc2cc([N+](=O)[O-])ccc2s1)C(=O)N(C)c1ccccc1. The summed E-state index contributed by atoms with van der Waals surface area (Å²) < 4.78 is 6.02. The molecule has 1 unspecified atom stereocenters. The number of ether oxygens (including phenoxy) is 1. The molecule has 0 saturated carbocycles. The lowest BCUT2D eigenvalue weighted by molar-refractivity contribution is -0.384. The van der Waals surface area contributed by atoms with Crippen molar-refractivity contribution >= 4 is 44.7 Å². The molecular weight excluding hydrogens is 368 g/mol. The molecule has 0 bridgehead atoms. The van der Waals surface area contributed by atoms with E-state index in [0.29, 0.717) is 11.1 Å². The van der Waals surface area contributed by atoms with E-state index in [-0.39, 0.29) is 16.5 Å². The fourth-order valence-corrected chi connectivity index (χ4v) is 3.49. The summed E-state index contributed by atoms with van der Waals surface area (Å²) in [5.74, 6) is -0.993. The van der Waals surface area contributed by atoms with Gasteiger partial charge in [-0.2, -0.15) is 0 Å². The predicted octanol–water partition coefficient (Wildman–Crippen LogP) is 4.02. The second-order valence-electron chi connectivity index (χ2n) is 5.87. The second kappa shape index (κ2) is 7.55. The van der Waals surface area contributed by atoms with Crippen LogP contribution in [-0.4, -0.2) is 30.0 Å². The van der Waals surface area contributed by atoms with E-state index in [4.69, 9.17) is 4.74 Å². The Kier molecular flexibility index (Phi) is 5.18. The third kappa shape index (κ3) is 3.95. The number of rotatable bonds is 5. The maximum atomic E-state index is 12.5. The number of nitro groups is 1. The van der Waals surface area contributed by atoms with Crippen LogP contribution in [0.3, 0.4) is 0 Å². The van der Waals surface area contributed by atoms with Gasteiger partial charge in [0.05, 0.1) is 4.92 Å². The van der Waals surface area contributed by atoms with E-state index in [2.05, 4.69) is 0 Å². The first-order chi connectivity index (χ1) is 12.9. The molecule has 1 aromatic heterocycles. The van der Waals surface area contributed by atoms with Gasteiger partial charge in [0.1, 0.15) is 4.88 Å². The number of benzene rings is 2. The number of hydrogen-bond acceptors (Lipinski definition) is 6. The maximum Gasteiger partial charge on any atom is 0.349 e. The highest BCUT2D eigenvalue weighted by Crippen LogP contribution is 2.29. The van der Waals surface area contributed by atoms with Gasteiger partial charge >= 0.3 is 5.97 Å². The van der Waals surface area contributed by atoms with Crippen LogP contribution in [0, 0.1) is 10.1 Å². The van der Waals surface area contributed by atoms with E-state index in [9.17, 15) is 19.7 Å². The Hall–Kier alpha value is -3.26. The Labute approximate surface area is 158 Å². The number of likely N-dealkylation sites (N-methyl/N-ethyl adjacent to an activating group) is 1. The van der Waals surface area contributed by atoms with Crippen LogP contribution in [0.25, 0.3) is 10.1 Å². The van der Waals surface area contributed by atoms with Crippen LogP contribution in [0.5, 0.6) is 0 Å². The molecule has 0 aliphatic carbocycles. The van der Waals surface area contributed by atoms with Crippen molar-refractivity contribution in [2.45, 2.75) is 13.0 Å². The summed E-state index contributed by atoms with van der Waals surface area (Å²) in [6.45, 7) is 1.51. The number of nitro benzene ring substituents is 1. The number of carbonyl (C=O) groups excluding carboxylic acids is 2. The Balaban J connectivity index is 1.73. The lowest BCUT2D eigenvalue weighted by Crippen LogP contribution is -2.37. The highest BCUT2D eigenvalue weighted by atomic mass is 32.1. The van der Waals surface area contributed by atoms with Gasteiger partial charge in [-0.1, -0.05) is 18.2 Å². The van der Waals surface area contributed by atoms with Crippen molar-refractivity contribution in [2.75, 3.05) is 11.9 Å². The van der Waals surface area contributed by atoms with Gasteiger partial charge in [0.15, 0.2) is 6.10 Å². The van der Waals surface area contributed by atoms with E-state index in [1.165, 1.54) is 30.0 Å². The number of thiophene rings is 1. The standard InChI is InChI=1S/C19H16N2O5S/c1-12(18(22)20(2)14-6-4-3-5-7-14)26-19(23)17-11-13-10-15(21(24)25)8-9-16(13)27-17/h3-12H,1-2H3. The van der Waals surface area contributed by atoms with Crippen molar-refractivity contribution in [3.05, 3.63) is 69.6 Å². The van der Waals surface area contributed by atoms with Gasteiger partial charge in [-0.05, 0) is 31.2 Å². The van der Waals surface area contributed by atoms with Gasteiger partial charge < -0.3 is 9.64 Å². The van der Waals surface area contributed by atoms with Gasteiger partial charge in [0, 0.05) is 35.0 Å². The molecule has 0 radical (unpaired) electrons. The molecule has 0 saturated heterocycles. The van der Waals surface area contributed by atoms with Crippen molar-refractivity contribution < 1.29 is 19.2 Å². The first-order valence-corrected chi connectivity index (χ1v) is 8.90. The minimum Gasteiger partial charge on any atom is -0.448 e. The summed E-state index contributed by atoms with van der Waals surface area (Å²) >= 11 is 1.16. The van der Waals surface area contributed by atoms with Crippen molar-refractivity contribution in [1.82, 2.24) is 0 Å². The fraction of sp³-hybridized carbons (Fsp3) is 0.158. The summed E-state index contributed by atoms with van der Waals surface area (Å²) in [7, 11) is 1.61. The van der Waals surface area contributed by atoms with Gasteiger partial charge in [-0.15, -0.1) is 11.3 Å². The fourth-order valence-electron chi connectivity index (χ4n) is 2.57. The Morgan fingerprint density at radius 1 is 1.15 bits per heavy atom. The number of para-hydroxylation sites is 1. The zero-order valence-electron chi connectivity index (χ0n) is 14.6. The minimum atomic E-state index is -0.970. The molecule has 138 valence electrons. The van der Waals surface area contributed by atoms with E-state index in [1.807, 2.05) is 18.2 Å². The van der Waals surface area contributed by atoms with Crippen molar-refractivity contribution in [1.29, 1.82) is 0 Å². The molecule has 1 atom stereocenters. The van der Waals surface area contributed by atoms with Crippen LogP contribution in [0.4, 0.5) is 11.4 Å². The third-order valence-corrected chi connectivity index (χ3v) is 5.11. The molecule has 1 heterocycles. The molecule has 0 aliphatic rings. The summed E-state index contributed by atoms with van der Waals surface area (Å²) in [5.41, 5.74) is 0.646. The molecule has 0 N–H and O–H groups in total. The van der Waals surface area contributed by atoms with E-state index in [0.717, 1.165) is 16.0 Å². The van der Waals surface area contributed by atoms with Crippen molar-refractivity contribution in [3.8, 4) is 0 Å². The number of fused-ring (bicyclic) bond motifs is 1.